The van der Waals surface area contributed by atoms with Crippen molar-refractivity contribution < 1.29 is 18.3 Å². The first-order valence-corrected chi connectivity index (χ1v) is 9.58. The van der Waals surface area contributed by atoms with Gasteiger partial charge in [-0.1, -0.05) is 30.3 Å². The number of anilines is 1. The van der Waals surface area contributed by atoms with Crippen molar-refractivity contribution in [3.8, 4) is 0 Å². The summed E-state index contributed by atoms with van der Waals surface area (Å²) in [5, 5.41) is 13.2. The average Bonchev–Trinajstić information content (AvgIpc) is 3.15. The van der Waals surface area contributed by atoms with Gasteiger partial charge < -0.3 is 5.11 Å². The predicted molar refractivity (Wildman–Crippen MR) is 94.6 cm³/mol. The van der Waals surface area contributed by atoms with Crippen LogP contribution in [0.5, 0.6) is 0 Å². The van der Waals surface area contributed by atoms with Crippen molar-refractivity contribution in [3.05, 3.63) is 64.8 Å². The van der Waals surface area contributed by atoms with Gasteiger partial charge in [-0.25, -0.2) is 13.2 Å². The molecule has 3 rings (SSSR count). The molecule has 9 heteroatoms. The molecular formula is C16H15N3O4S2. The van der Waals surface area contributed by atoms with E-state index in [0.29, 0.717) is 17.8 Å². The van der Waals surface area contributed by atoms with Crippen LogP contribution in [-0.4, -0.2) is 29.3 Å². The molecular weight excluding hydrogens is 362 g/mol. The van der Waals surface area contributed by atoms with Crippen LogP contribution < -0.4 is 4.72 Å². The van der Waals surface area contributed by atoms with Gasteiger partial charge in [0.1, 0.15) is 9.09 Å². The largest absolute Gasteiger partial charge is 0.477 e. The summed E-state index contributed by atoms with van der Waals surface area (Å²) in [7, 11) is -3.86. The van der Waals surface area contributed by atoms with E-state index < -0.39 is 16.0 Å². The number of aromatic nitrogens is 2. The number of hydrogen-bond acceptors (Lipinski definition) is 5. The Morgan fingerprint density at radius 2 is 2.04 bits per heavy atom. The Morgan fingerprint density at radius 1 is 1.32 bits per heavy atom. The summed E-state index contributed by atoms with van der Waals surface area (Å²) in [6, 6.07) is 11.0. The number of carboxylic acids is 1. The van der Waals surface area contributed by atoms with E-state index in [9.17, 15) is 13.2 Å². The lowest BCUT2D eigenvalue weighted by Gasteiger charge is -2.03. The van der Waals surface area contributed by atoms with Crippen molar-refractivity contribution in [1.29, 1.82) is 0 Å². The van der Waals surface area contributed by atoms with Gasteiger partial charge >= 0.3 is 5.97 Å². The van der Waals surface area contributed by atoms with Gasteiger partial charge in [0.25, 0.3) is 10.0 Å². The summed E-state index contributed by atoms with van der Waals surface area (Å²) in [5.74, 6) is -1.14. The SMILES string of the molecule is Cc1cc(S(=O)(=O)Nc2cnn(Cc3ccccc3)c2)sc1C(=O)O. The molecule has 0 aliphatic rings. The van der Waals surface area contributed by atoms with Gasteiger partial charge in [0.2, 0.25) is 0 Å². The maximum atomic E-state index is 12.4. The van der Waals surface area contributed by atoms with Crippen LogP contribution in [0.1, 0.15) is 20.8 Å². The molecule has 0 aliphatic carbocycles. The van der Waals surface area contributed by atoms with Crippen LogP contribution in [0.3, 0.4) is 0 Å². The van der Waals surface area contributed by atoms with Crippen LogP contribution in [0.2, 0.25) is 0 Å². The Labute approximate surface area is 148 Å². The highest BCUT2D eigenvalue weighted by Gasteiger charge is 2.22. The fourth-order valence-electron chi connectivity index (χ4n) is 2.28. The number of benzene rings is 1. The molecule has 0 amide bonds. The van der Waals surface area contributed by atoms with Crippen molar-refractivity contribution in [3.63, 3.8) is 0 Å². The smallest absolute Gasteiger partial charge is 0.346 e. The van der Waals surface area contributed by atoms with Crippen molar-refractivity contribution in [2.75, 3.05) is 4.72 Å². The summed E-state index contributed by atoms with van der Waals surface area (Å²) < 4.78 is 28.9. The summed E-state index contributed by atoms with van der Waals surface area (Å²) in [4.78, 5) is 11.1. The minimum absolute atomic E-state index is 0.0140. The molecule has 0 bridgehead atoms. The first-order chi connectivity index (χ1) is 11.8. The van der Waals surface area contributed by atoms with E-state index in [0.717, 1.165) is 16.9 Å². The number of nitrogens with one attached hydrogen (secondary N) is 1. The summed E-state index contributed by atoms with van der Waals surface area (Å²) >= 11 is 0.726. The van der Waals surface area contributed by atoms with Crippen LogP contribution in [0.4, 0.5) is 5.69 Å². The van der Waals surface area contributed by atoms with E-state index >= 15 is 0 Å². The Balaban J connectivity index is 1.78. The van der Waals surface area contributed by atoms with Crippen LogP contribution in [0.15, 0.2) is 53.0 Å². The lowest BCUT2D eigenvalue weighted by Crippen LogP contribution is -2.11. The molecule has 130 valence electrons. The lowest BCUT2D eigenvalue weighted by atomic mass is 10.2. The maximum absolute atomic E-state index is 12.4. The quantitative estimate of drug-likeness (QED) is 0.688. The van der Waals surface area contributed by atoms with Gasteiger partial charge in [-0.05, 0) is 24.1 Å². The van der Waals surface area contributed by atoms with Gasteiger partial charge in [-0.2, -0.15) is 5.10 Å². The number of thiophene rings is 1. The van der Waals surface area contributed by atoms with E-state index in [1.54, 1.807) is 17.8 Å². The molecule has 0 fully saturated rings. The number of rotatable bonds is 6. The van der Waals surface area contributed by atoms with E-state index in [-0.39, 0.29) is 9.09 Å². The monoisotopic (exact) mass is 377 g/mol. The number of aromatic carboxylic acids is 1. The lowest BCUT2D eigenvalue weighted by molar-refractivity contribution is 0.0701. The molecule has 2 aromatic heterocycles. The van der Waals surface area contributed by atoms with E-state index in [4.69, 9.17) is 5.11 Å². The number of sulfonamides is 1. The second-order valence-electron chi connectivity index (χ2n) is 5.40. The van der Waals surface area contributed by atoms with Gasteiger partial charge in [-0.3, -0.25) is 9.40 Å². The minimum atomic E-state index is -3.86. The second-order valence-corrected chi connectivity index (χ2v) is 8.36. The van der Waals surface area contributed by atoms with E-state index in [1.807, 2.05) is 30.3 Å². The molecule has 7 nitrogen and oxygen atoms in total. The molecule has 2 N–H and O–H groups in total. The summed E-state index contributed by atoms with van der Waals surface area (Å²) in [6.45, 7) is 2.08. The van der Waals surface area contributed by atoms with Crippen molar-refractivity contribution in [2.24, 2.45) is 0 Å². The average molecular weight is 377 g/mol. The first-order valence-electron chi connectivity index (χ1n) is 7.28. The molecule has 1 aromatic carbocycles. The van der Waals surface area contributed by atoms with Gasteiger partial charge in [0.15, 0.2) is 0 Å². The topological polar surface area (TPSA) is 101 Å². The highest BCUT2D eigenvalue weighted by molar-refractivity contribution is 7.94. The molecule has 0 saturated heterocycles. The van der Waals surface area contributed by atoms with Crippen molar-refractivity contribution in [2.45, 2.75) is 17.7 Å². The van der Waals surface area contributed by atoms with Crippen LogP contribution in [-0.2, 0) is 16.6 Å². The summed E-state index contributed by atoms with van der Waals surface area (Å²) in [5.41, 5.74) is 1.77. The Bertz CT molecular complexity index is 1010. The Morgan fingerprint density at radius 3 is 2.68 bits per heavy atom. The third-order valence-corrected chi connectivity index (χ3v) is 6.51. The van der Waals surface area contributed by atoms with Crippen LogP contribution >= 0.6 is 11.3 Å². The maximum Gasteiger partial charge on any atom is 0.346 e. The molecule has 0 saturated carbocycles. The fraction of sp³-hybridized carbons (Fsp3) is 0.125. The standard InChI is InChI=1S/C16H15N3O4S2/c1-11-7-14(24-15(11)16(20)21)25(22,23)18-13-8-17-19(10-13)9-12-5-3-2-4-6-12/h2-8,10,18H,9H2,1H3,(H,20,21). The third-order valence-electron chi connectivity index (χ3n) is 3.43. The highest BCUT2D eigenvalue weighted by Crippen LogP contribution is 2.27. The zero-order chi connectivity index (χ0) is 18.0. The van der Waals surface area contributed by atoms with E-state index in [2.05, 4.69) is 9.82 Å². The number of nitrogens with zero attached hydrogens (tertiary/aromatic N) is 2. The zero-order valence-electron chi connectivity index (χ0n) is 13.2. The second kappa shape index (κ2) is 6.69. The van der Waals surface area contributed by atoms with Crippen molar-refractivity contribution >= 4 is 33.0 Å². The number of hydrogen-bond donors (Lipinski definition) is 2. The fourth-order valence-corrected chi connectivity index (χ4v) is 4.68. The van der Waals surface area contributed by atoms with Crippen LogP contribution in [0, 0.1) is 6.92 Å². The molecule has 3 aromatic rings. The first kappa shape index (κ1) is 17.2. The molecule has 0 radical (unpaired) electrons. The van der Waals surface area contributed by atoms with Gasteiger partial charge in [0.05, 0.1) is 18.4 Å². The Hall–Kier alpha value is -2.65. The highest BCUT2D eigenvalue weighted by atomic mass is 32.2. The number of aryl methyl sites for hydroxylation is 1. The van der Waals surface area contributed by atoms with Gasteiger partial charge in [-0.15, -0.1) is 11.3 Å². The van der Waals surface area contributed by atoms with E-state index in [1.165, 1.54) is 12.3 Å². The molecule has 2 heterocycles. The normalized spacial score (nSPS) is 11.4. The minimum Gasteiger partial charge on any atom is -0.477 e. The van der Waals surface area contributed by atoms with Crippen molar-refractivity contribution in [1.82, 2.24) is 9.78 Å². The zero-order valence-corrected chi connectivity index (χ0v) is 14.8. The molecule has 0 atom stereocenters. The number of carboxylic acid groups (broad SMARTS) is 1. The molecule has 0 spiro atoms. The van der Waals surface area contributed by atoms with Crippen LogP contribution in [0.25, 0.3) is 0 Å². The Kier molecular flexibility index (Phi) is 4.60. The third kappa shape index (κ3) is 3.89. The van der Waals surface area contributed by atoms with Gasteiger partial charge in [0, 0.05) is 6.20 Å². The molecule has 25 heavy (non-hydrogen) atoms. The molecule has 0 unspecified atom stereocenters. The molecule has 0 aliphatic heterocycles. The summed E-state index contributed by atoms with van der Waals surface area (Å²) in [6.07, 6.45) is 3.00. The predicted octanol–water partition coefficient (Wildman–Crippen LogP) is 2.80. The number of carbonyl (C=O) groups is 1.